The summed E-state index contributed by atoms with van der Waals surface area (Å²) in [5.74, 6) is -1.10. The van der Waals surface area contributed by atoms with Crippen LogP contribution in [0.4, 0.5) is 5.69 Å². The van der Waals surface area contributed by atoms with Crippen LogP contribution in [0.2, 0.25) is 5.02 Å². The Morgan fingerprint density at radius 1 is 1.24 bits per heavy atom. The van der Waals surface area contributed by atoms with E-state index >= 15 is 0 Å². The van der Waals surface area contributed by atoms with Crippen molar-refractivity contribution in [2.24, 2.45) is 5.41 Å². The molecule has 0 aromatic heterocycles. The minimum absolute atomic E-state index is 0.173. The second-order valence-corrected chi connectivity index (χ2v) is 6.53. The molecule has 1 aliphatic carbocycles. The Labute approximate surface area is 150 Å². The summed E-state index contributed by atoms with van der Waals surface area (Å²) in [6, 6.07) is 4.46. The summed E-state index contributed by atoms with van der Waals surface area (Å²) in [5.41, 5.74) is -0.482. The van der Waals surface area contributed by atoms with Crippen molar-refractivity contribution in [1.82, 2.24) is 4.90 Å². The Hall–Kier alpha value is -2.12. The highest BCUT2D eigenvalue weighted by Gasteiger charge is 2.58. The van der Waals surface area contributed by atoms with Crippen molar-refractivity contribution in [2.45, 2.75) is 12.8 Å². The zero-order chi connectivity index (χ0) is 18.0. The lowest BCUT2D eigenvalue weighted by molar-refractivity contribution is -0.145. The van der Waals surface area contributed by atoms with Crippen LogP contribution >= 0.6 is 11.6 Å². The highest BCUT2D eigenvalue weighted by molar-refractivity contribution is 6.34. The predicted molar refractivity (Wildman–Crippen MR) is 90.5 cm³/mol. The minimum Gasteiger partial charge on any atom is -0.465 e. The molecule has 7 nitrogen and oxygen atoms in total. The lowest BCUT2D eigenvalue weighted by atomic mass is 10.0. The van der Waals surface area contributed by atoms with Crippen LogP contribution in [-0.4, -0.2) is 56.1 Å². The molecule has 0 unspecified atom stereocenters. The zero-order valence-electron chi connectivity index (χ0n) is 13.8. The van der Waals surface area contributed by atoms with E-state index in [1.165, 1.54) is 25.3 Å². The number of esters is 1. The van der Waals surface area contributed by atoms with Gasteiger partial charge in [-0.15, -0.1) is 0 Å². The van der Waals surface area contributed by atoms with E-state index in [0.717, 1.165) is 0 Å². The van der Waals surface area contributed by atoms with Crippen molar-refractivity contribution in [3.05, 3.63) is 28.8 Å². The number of methoxy groups -OCH3 is 1. The Kier molecular flexibility index (Phi) is 4.96. The quantitative estimate of drug-likeness (QED) is 0.647. The molecule has 1 aromatic carbocycles. The lowest BCUT2D eigenvalue weighted by Crippen LogP contribution is -2.47. The Morgan fingerprint density at radius 2 is 1.92 bits per heavy atom. The molecule has 1 aromatic rings. The van der Waals surface area contributed by atoms with Gasteiger partial charge in [-0.3, -0.25) is 9.59 Å². The molecule has 0 atom stereocenters. The molecule has 1 N–H and O–H groups in total. The van der Waals surface area contributed by atoms with Crippen LogP contribution < -0.4 is 5.32 Å². The topological polar surface area (TPSA) is 84.9 Å². The average Bonchev–Trinajstić information content (AvgIpc) is 3.45. The summed E-state index contributed by atoms with van der Waals surface area (Å²) in [4.78, 5) is 38.7. The molecular formula is C17H19ClN2O5. The number of carbonyl (C=O) groups is 3. The van der Waals surface area contributed by atoms with Crippen LogP contribution in [0.25, 0.3) is 0 Å². The van der Waals surface area contributed by atoms with Crippen molar-refractivity contribution in [3.63, 3.8) is 0 Å². The molecule has 2 aliphatic rings. The smallest absolute Gasteiger partial charge is 0.337 e. The normalized spacial score (nSPS) is 18.4. The Bertz CT molecular complexity index is 711. The molecule has 2 amide bonds. The van der Waals surface area contributed by atoms with Crippen LogP contribution in [0.1, 0.15) is 23.2 Å². The maximum Gasteiger partial charge on any atom is 0.337 e. The molecule has 25 heavy (non-hydrogen) atoms. The summed E-state index contributed by atoms with van der Waals surface area (Å²) in [6.45, 7) is 1.95. The maximum atomic E-state index is 12.7. The fourth-order valence-corrected chi connectivity index (χ4v) is 3.00. The van der Waals surface area contributed by atoms with Crippen LogP contribution in [0.15, 0.2) is 18.2 Å². The van der Waals surface area contributed by atoms with E-state index in [1.807, 2.05) is 0 Å². The van der Waals surface area contributed by atoms with Gasteiger partial charge in [0.15, 0.2) is 0 Å². The first-order valence-corrected chi connectivity index (χ1v) is 8.42. The van der Waals surface area contributed by atoms with Crippen molar-refractivity contribution in [1.29, 1.82) is 0 Å². The van der Waals surface area contributed by atoms with Gasteiger partial charge in [-0.05, 0) is 31.0 Å². The summed E-state index contributed by atoms with van der Waals surface area (Å²) in [7, 11) is 1.27. The van der Waals surface area contributed by atoms with Crippen molar-refractivity contribution in [2.75, 3.05) is 38.7 Å². The van der Waals surface area contributed by atoms with Gasteiger partial charge in [0.25, 0.3) is 0 Å². The number of rotatable bonds is 4. The molecule has 134 valence electrons. The number of nitrogens with zero attached hydrogens (tertiary/aromatic N) is 1. The summed E-state index contributed by atoms with van der Waals surface area (Å²) >= 11 is 6.11. The Balaban J connectivity index is 1.75. The number of anilines is 1. The molecule has 1 saturated carbocycles. The summed E-state index contributed by atoms with van der Waals surface area (Å²) in [6.07, 6.45) is 1.01. The average molecular weight is 367 g/mol. The standard InChI is InChI=1S/C17H19ClN2O5/c1-24-14(21)11-2-3-12(18)13(10-11)19-15(22)17(4-5-17)16(23)20-6-8-25-9-7-20/h2-3,10H,4-9H2,1H3,(H,19,22). The van der Waals surface area contributed by atoms with E-state index in [4.69, 9.17) is 16.3 Å². The van der Waals surface area contributed by atoms with Crippen molar-refractivity contribution < 1.29 is 23.9 Å². The SMILES string of the molecule is COC(=O)c1ccc(Cl)c(NC(=O)C2(C(=O)N3CCOCC3)CC2)c1. The van der Waals surface area contributed by atoms with Gasteiger partial charge in [-0.25, -0.2) is 4.79 Å². The highest BCUT2D eigenvalue weighted by atomic mass is 35.5. The van der Waals surface area contributed by atoms with Gasteiger partial charge in [-0.2, -0.15) is 0 Å². The second kappa shape index (κ2) is 7.01. The summed E-state index contributed by atoms with van der Waals surface area (Å²) in [5, 5.41) is 2.98. The van der Waals surface area contributed by atoms with Gasteiger partial charge in [0.05, 0.1) is 36.6 Å². The first kappa shape index (κ1) is 17.7. The molecule has 8 heteroatoms. The van der Waals surface area contributed by atoms with E-state index in [-0.39, 0.29) is 22.2 Å². The number of ether oxygens (including phenoxy) is 2. The molecule has 0 radical (unpaired) electrons. The largest absolute Gasteiger partial charge is 0.465 e. The summed E-state index contributed by atoms with van der Waals surface area (Å²) < 4.78 is 9.91. The van der Waals surface area contributed by atoms with Crippen LogP contribution in [0.3, 0.4) is 0 Å². The fraction of sp³-hybridized carbons (Fsp3) is 0.471. The van der Waals surface area contributed by atoms with Crippen molar-refractivity contribution >= 4 is 35.1 Å². The monoisotopic (exact) mass is 366 g/mol. The minimum atomic E-state index is -1.04. The molecular weight excluding hydrogens is 348 g/mol. The van der Waals surface area contributed by atoms with Crippen molar-refractivity contribution in [3.8, 4) is 0 Å². The third kappa shape index (κ3) is 3.48. The third-order valence-electron chi connectivity index (χ3n) is 4.53. The number of amides is 2. The molecule has 1 heterocycles. The Morgan fingerprint density at radius 3 is 2.52 bits per heavy atom. The number of hydrogen-bond donors (Lipinski definition) is 1. The van der Waals surface area contributed by atoms with Gasteiger partial charge >= 0.3 is 5.97 Å². The van der Waals surface area contributed by atoms with E-state index in [9.17, 15) is 14.4 Å². The van der Waals surface area contributed by atoms with E-state index in [0.29, 0.717) is 39.1 Å². The molecule has 3 rings (SSSR count). The zero-order valence-corrected chi connectivity index (χ0v) is 14.6. The number of nitrogens with one attached hydrogen (secondary N) is 1. The van der Waals surface area contributed by atoms with E-state index in [1.54, 1.807) is 4.90 Å². The number of morpholine rings is 1. The third-order valence-corrected chi connectivity index (χ3v) is 4.86. The van der Waals surface area contributed by atoms with E-state index in [2.05, 4.69) is 10.1 Å². The predicted octanol–water partition coefficient (Wildman–Crippen LogP) is 1.70. The van der Waals surface area contributed by atoms with Gasteiger partial charge in [0, 0.05) is 13.1 Å². The van der Waals surface area contributed by atoms with Gasteiger partial charge in [0.2, 0.25) is 11.8 Å². The van der Waals surface area contributed by atoms with Gasteiger partial charge in [-0.1, -0.05) is 11.6 Å². The molecule has 1 saturated heterocycles. The van der Waals surface area contributed by atoms with Crippen LogP contribution in [0, 0.1) is 5.41 Å². The van der Waals surface area contributed by atoms with E-state index < -0.39 is 17.3 Å². The van der Waals surface area contributed by atoms with Gasteiger partial charge < -0.3 is 19.7 Å². The number of benzene rings is 1. The van der Waals surface area contributed by atoms with Crippen LogP contribution in [-0.2, 0) is 19.1 Å². The number of carbonyl (C=O) groups excluding carboxylic acids is 3. The maximum absolute atomic E-state index is 12.7. The number of hydrogen-bond acceptors (Lipinski definition) is 5. The second-order valence-electron chi connectivity index (χ2n) is 6.13. The molecule has 2 fully saturated rings. The van der Waals surface area contributed by atoms with Crippen LogP contribution in [0.5, 0.6) is 0 Å². The molecule has 0 bridgehead atoms. The van der Waals surface area contributed by atoms with Gasteiger partial charge in [0.1, 0.15) is 5.41 Å². The lowest BCUT2D eigenvalue weighted by Gasteiger charge is -2.30. The first-order chi connectivity index (χ1) is 12.0. The molecule has 0 spiro atoms. The first-order valence-electron chi connectivity index (χ1n) is 8.04. The number of halogens is 1. The highest BCUT2D eigenvalue weighted by Crippen LogP contribution is 2.48. The fourth-order valence-electron chi connectivity index (χ4n) is 2.84. The molecule has 1 aliphatic heterocycles.